The number of nitrogens with one attached hydrogen (secondary N) is 1. The molecule has 0 atom stereocenters. The Morgan fingerprint density at radius 3 is 2.76 bits per heavy atom. The van der Waals surface area contributed by atoms with Crippen molar-refractivity contribution in [3.05, 3.63) is 47.8 Å². The summed E-state index contributed by atoms with van der Waals surface area (Å²) in [4.78, 5) is 23.1. The van der Waals surface area contributed by atoms with E-state index >= 15 is 0 Å². The molecule has 174 valence electrons. The van der Waals surface area contributed by atoms with E-state index in [0.717, 1.165) is 25.9 Å². The first-order valence-corrected chi connectivity index (χ1v) is 10.8. The van der Waals surface area contributed by atoms with Crippen LogP contribution in [0, 0.1) is 5.82 Å². The van der Waals surface area contributed by atoms with Crippen molar-refractivity contribution in [3.8, 4) is 11.6 Å². The average Bonchev–Trinajstić information content (AvgIpc) is 3.25. The molecule has 3 aromatic rings. The number of piperidine rings is 1. The van der Waals surface area contributed by atoms with Gasteiger partial charge in [-0.2, -0.15) is 10.1 Å². The molecule has 11 heteroatoms. The summed E-state index contributed by atoms with van der Waals surface area (Å²) in [5, 5.41) is 7.52. The summed E-state index contributed by atoms with van der Waals surface area (Å²) in [5.74, 6) is -1.28. The van der Waals surface area contributed by atoms with Gasteiger partial charge in [0.15, 0.2) is 23.1 Å². The van der Waals surface area contributed by atoms with E-state index < -0.39 is 11.7 Å². The van der Waals surface area contributed by atoms with Crippen molar-refractivity contribution in [3.63, 3.8) is 0 Å². The lowest BCUT2D eigenvalue weighted by atomic mass is 10.1. The second-order valence-electron chi connectivity index (χ2n) is 8.05. The Morgan fingerprint density at radius 2 is 2.06 bits per heavy atom. The van der Waals surface area contributed by atoms with Crippen LogP contribution in [-0.4, -0.2) is 50.7 Å². The Kier molecular flexibility index (Phi) is 6.40. The maximum Gasteiger partial charge on any atom is 0.271 e. The monoisotopic (exact) mass is 454 g/mol. The largest absolute Gasteiger partial charge is 0.434 e. The predicted octanol–water partition coefficient (Wildman–Crippen LogP) is 2.86. The number of ether oxygens (including phenoxy) is 1. The second kappa shape index (κ2) is 9.41. The molecule has 0 aliphatic carbocycles. The van der Waals surface area contributed by atoms with E-state index in [0.29, 0.717) is 29.5 Å². The molecular formula is C22H27FN8O2. The van der Waals surface area contributed by atoms with E-state index in [1.807, 2.05) is 17.8 Å². The van der Waals surface area contributed by atoms with Crippen molar-refractivity contribution in [2.75, 3.05) is 31.2 Å². The number of anilines is 3. The minimum absolute atomic E-state index is 0.0423. The molecule has 0 bridgehead atoms. The van der Waals surface area contributed by atoms with Crippen molar-refractivity contribution < 1.29 is 13.9 Å². The normalized spacial score (nSPS) is 14.9. The van der Waals surface area contributed by atoms with Gasteiger partial charge in [-0.15, -0.1) is 0 Å². The smallest absolute Gasteiger partial charge is 0.271 e. The number of carbonyl (C=O) groups is 1. The maximum absolute atomic E-state index is 14.2. The van der Waals surface area contributed by atoms with E-state index in [9.17, 15) is 9.18 Å². The van der Waals surface area contributed by atoms with Gasteiger partial charge in [-0.1, -0.05) is 6.92 Å². The van der Waals surface area contributed by atoms with Crippen molar-refractivity contribution in [2.24, 2.45) is 5.73 Å². The summed E-state index contributed by atoms with van der Waals surface area (Å²) < 4.78 is 21.8. The Hall–Kier alpha value is -3.73. The predicted molar refractivity (Wildman–Crippen MR) is 122 cm³/mol. The summed E-state index contributed by atoms with van der Waals surface area (Å²) in [6, 6.07) is 4.29. The van der Waals surface area contributed by atoms with Gasteiger partial charge in [0.1, 0.15) is 5.69 Å². The molecule has 3 heterocycles. The van der Waals surface area contributed by atoms with E-state index in [4.69, 9.17) is 16.2 Å². The molecule has 1 aliphatic rings. The lowest BCUT2D eigenvalue weighted by Crippen LogP contribution is -2.31. The molecule has 1 fully saturated rings. The average molecular weight is 455 g/mol. The molecule has 5 N–H and O–H groups in total. The number of hydrogen-bond acceptors (Lipinski definition) is 8. The highest BCUT2D eigenvalue weighted by molar-refractivity contribution is 5.96. The van der Waals surface area contributed by atoms with Crippen LogP contribution in [0.5, 0.6) is 11.6 Å². The number of aromatic nitrogens is 4. The van der Waals surface area contributed by atoms with Gasteiger partial charge in [0.25, 0.3) is 5.91 Å². The van der Waals surface area contributed by atoms with Crippen molar-refractivity contribution in [1.29, 1.82) is 0 Å². The van der Waals surface area contributed by atoms with Gasteiger partial charge in [-0.3, -0.25) is 9.48 Å². The molecule has 1 amide bonds. The van der Waals surface area contributed by atoms with Crippen molar-refractivity contribution in [2.45, 2.75) is 32.2 Å². The van der Waals surface area contributed by atoms with Gasteiger partial charge in [-0.05, 0) is 51.5 Å². The number of aryl methyl sites for hydroxylation is 1. The number of benzene rings is 1. The molecule has 2 aromatic heterocycles. The molecular weight excluding hydrogens is 427 g/mol. The molecule has 0 radical (unpaired) electrons. The maximum atomic E-state index is 14.2. The summed E-state index contributed by atoms with van der Waals surface area (Å²) in [6.45, 7) is 3.82. The van der Waals surface area contributed by atoms with E-state index in [-0.39, 0.29) is 23.1 Å². The van der Waals surface area contributed by atoms with Gasteiger partial charge in [0, 0.05) is 18.0 Å². The van der Waals surface area contributed by atoms with Crippen LogP contribution in [0.15, 0.2) is 30.6 Å². The minimum atomic E-state index is -0.746. The fourth-order valence-electron chi connectivity index (χ4n) is 3.73. The number of primary amides is 1. The molecule has 33 heavy (non-hydrogen) atoms. The highest BCUT2D eigenvalue weighted by Crippen LogP contribution is 2.30. The highest BCUT2D eigenvalue weighted by Gasteiger charge is 2.22. The first-order chi connectivity index (χ1) is 15.8. The third-order valence-electron chi connectivity index (χ3n) is 5.59. The molecule has 4 rings (SSSR count). The number of hydrogen-bond donors (Lipinski definition) is 3. The van der Waals surface area contributed by atoms with Crippen molar-refractivity contribution >= 4 is 23.1 Å². The molecule has 1 aromatic carbocycles. The van der Waals surface area contributed by atoms with Crippen LogP contribution in [0.4, 0.5) is 21.6 Å². The SMILES string of the molecule is CCc1nc(C(N)=O)c(Nc2cnn(C3CCN(C)CC3)c2)nc1Oc1cc(N)ccc1F. The highest BCUT2D eigenvalue weighted by atomic mass is 19.1. The number of halogens is 1. The van der Waals surface area contributed by atoms with Gasteiger partial charge in [0.05, 0.1) is 17.9 Å². The standard InChI is InChI=1S/C22H27FN8O2/c1-3-17-22(33-18-10-13(24)4-5-16(18)23)29-21(19(28-17)20(25)32)27-14-11-26-31(12-14)15-6-8-30(2)9-7-15/h4-5,10-12,15H,3,6-9,24H2,1-2H3,(H2,25,32)(H,27,29). The van der Waals surface area contributed by atoms with E-state index in [2.05, 4.69) is 32.3 Å². The first kappa shape index (κ1) is 22.5. The molecule has 10 nitrogen and oxygen atoms in total. The Morgan fingerprint density at radius 1 is 1.30 bits per heavy atom. The number of amides is 1. The topological polar surface area (TPSA) is 137 Å². The van der Waals surface area contributed by atoms with Crippen LogP contribution in [0.25, 0.3) is 0 Å². The van der Waals surface area contributed by atoms with Crippen LogP contribution in [0.3, 0.4) is 0 Å². The molecule has 0 spiro atoms. The zero-order valence-corrected chi connectivity index (χ0v) is 18.6. The van der Waals surface area contributed by atoms with Crippen LogP contribution >= 0.6 is 0 Å². The van der Waals surface area contributed by atoms with Gasteiger partial charge in [0.2, 0.25) is 5.88 Å². The molecule has 1 saturated heterocycles. The second-order valence-corrected chi connectivity index (χ2v) is 8.05. The number of nitrogen functional groups attached to an aromatic ring is 1. The lowest BCUT2D eigenvalue weighted by molar-refractivity contribution is 0.0996. The Labute approximate surface area is 190 Å². The first-order valence-electron chi connectivity index (χ1n) is 10.8. The number of carbonyl (C=O) groups excluding carboxylic acids is 1. The van der Waals surface area contributed by atoms with Gasteiger partial charge < -0.3 is 26.4 Å². The summed E-state index contributed by atoms with van der Waals surface area (Å²) >= 11 is 0. The number of nitrogens with zero attached hydrogens (tertiary/aromatic N) is 5. The van der Waals surface area contributed by atoms with Crippen LogP contribution in [0.2, 0.25) is 0 Å². The lowest BCUT2D eigenvalue weighted by Gasteiger charge is -2.28. The third-order valence-corrected chi connectivity index (χ3v) is 5.59. The Balaban J connectivity index is 1.64. The van der Waals surface area contributed by atoms with E-state index in [1.165, 1.54) is 18.2 Å². The quantitative estimate of drug-likeness (QED) is 0.464. The van der Waals surface area contributed by atoms with Crippen LogP contribution in [0.1, 0.15) is 42.0 Å². The fraction of sp³-hybridized carbons (Fsp3) is 0.364. The summed E-state index contributed by atoms with van der Waals surface area (Å²) in [5.41, 5.74) is 12.6. The number of likely N-dealkylation sites (tertiary alicyclic amines) is 1. The zero-order valence-electron chi connectivity index (χ0n) is 18.6. The number of nitrogens with two attached hydrogens (primary N) is 2. The van der Waals surface area contributed by atoms with Crippen LogP contribution < -0.4 is 21.5 Å². The summed E-state index contributed by atoms with van der Waals surface area (Å²) in [6.07, 6.45) is 5.89. The fourth-order valence-corrected chi connectivity index (χ4v) is 3.73. The van der Waals surface area contributed by atoms with Gasteiger partial charge >= 0.3 is 0 Å². The zero-order chi connectivity index (χ0) is 23.5. The Bertz CT molecular complexity index is 1160. The molecule has 1 aliphatic heterocycles. The van der Waals surface area contributed by atoms with Crippen LogP contribution in [-0.2, 0) is 6.42 Å². The molecule has 0 unspecified atom stereocenters. The molecule has 0 saturated carbocycles. The summed E-state index contributed by atoms with van der Waals surface area (Å²) in [7, 11) is 2.10. The number of rotatable bonds is 7. The van der Waals surface area contributed by atoms with Gasteiger partial charge in [-0.25, -0.2) is 9.37 Å². The van der Waals surface area contributed by atoms with E-state index in [1.54, 1.807) is 6.20 Å². The van der Waals surface area contributed by atoms with Crippen molar-refractivity contribution in [1.82, 2.24) is 24.6 Å². The minimum Gasteiger partial charge on any atom is -0.434 e. The third kappa shape index (κ3) is 5.03.